The first kappa shape index (κ1) is 11.2. The van der Waals surface area contributed by atoms with Gasteiger partial charge >= 0.3 is 0 Å². The topological polar surface area (TPSA) is 40.5 Å². The molecule has 2 rings (SSSR count). The van der Waals surface area contributed by atoms with Crippen molar-refractivity contribution < 1.29 is 9.90 Å². The van der Waals surface area contributed by atoms with Crippen LogP contribution in [0.2, 0.25) is 0 Å². The average molecular weight is 232 g/mol. The Morgan fingerprint density at radius 3 is 2.93 bits per heavy atom. The lowest BCUT2D eigenvalue weighted by atomic mass is 9.84. The van der Waals surface area contributed by atoms with Gasteiger partial charge in [-0.05, 0) is 37.0 Å². The fourth-order valence-corrected chi connectivity index (χ4v) is 3.25. The van der Waals surface area contributed by atoms with E-state index in [1.165, 1.54) is 0 Å². The Bertz CT molecular complexity index is 259. The monoisotopic (exact) mass is 231 g/mol. The number of hydrogen-bond donors (Lipinski definition) is 1. The third kappa shape index (κ3) is 2.13. The van der Waals surface area contributed by atoms with Crippen LogP contribution in [-0.2, 0) is 4.79 Å². The van der Waals surface area contributed by atoms with Gasteiger partial charge in [-0.2, -0.15) is 0 Å². The van der Waals surface area contributed by atoms with E-state index in [0.29, 0.717) is 17.9 Å². The summed E-state index contributed by atoms with van der Waals surface area (Å²) in [6.45, 7) is 2.00. The van der Waals surface area contributed by atoms with E-state index < -0.39 is 0 Å². The first-order valence-electron chi connectivity index (χ1n) is 5.64. The van der Waals surface area contributed by atoms with Crippen LogP contribution in [0.25, 0.3) is 0 Å². The number of rotatable bonds is 2. The summed E-state index contributed by atoms with van der Waals surface area (Å²) in [5.41, 5.74) is 0.301. The SMILES string of the molecule is O=C(CCl)N1CC[C@@]2(CC[C@H](CO)C2)C1. The number of amides is 1. The van der Waals surface area contributed by atoms with Crippen molar-refractivity contribution >= 4 is 17.5 Å². The number of hydrogen-bond acceptors (Lipinski definition) is 2. The molecule has 1 N–H and O–H groups in total. The number of carbonyl (C=O) groups is 1. The molecular weight excluding hydrogens is 214 g/mol. The zero-order chi connectivity index (χ0) is 10.9. The van der Waals surface area contributed by atoms with Crippen LogP contribution >= 0.6 is 11.6 Å². The molecule has 1 aliphatic heterocycles. The van der Waals surface area contributed by atoms with Gasteiger partial charge in [0.25, 0.3) is 0 Å². The molecule has 3 nitrogen and oxygen atoms in total. The molecule has 1 saturated carbocycles. The molecule has 86 valence electrons. The lowest BCUT2D eigenvalue weighted by Gasteiger charge is -2.23. The van der Waals surface area contributed by atoms with Crippen LogP contribution in [0.15, 0.2) is 0 Å². The van der Waals surface area contributed by atoms with Crippen molar-refractivity contribution in [1.82, 2.24) is 4.90 Å². The number of aliphatic hydroxyl groups is 1. The molecule has 15 heavy (non-hydrogen) atoms. The molecular formula is C11H18ClNO2. The van der Waals surface area contributed by atoms with Crippen molar-refractivity contribution in [2.45, 2.75) is 25.7 Å². The lowest BCUT2D eigenvalue weighted by Crippen LogP contribution is -2.32. The molecule has 2 fully saturated rings. The zero-order valence-corrected chi connectivity index (χ0v) is 9.67. The van der Waals surface area contributed by atoms with E-state index in [9.17, 15) is 4.79 Å². The van der Waals surface area contributed by atoms with Crippen LogP contribution in [0.5, 0.6) is 0 Å². The number of halogens is 1. The normalized spacial score (nSPS) is 35.3. The van der Waals surface area contributed by atoms with Gasteiger partial charge in [0.2, 0.25) is 5.91 Å². The van der Waals surface area contributed by atoms with E-state index in [4.69, 9.17) is 16.7 Å². The minimum atomic E-state index is 0.0565. The van der Waals surface area contributed by atoms with E-state index in [0.717, 1.165) is 38.8 Å². The predicted molar refractivity (Wildman–Crippen MR) is 58.8 cm³/mol. The minimum absolute atomic E-state index is 0.0565. The number of carbonyl (C=O) groups excluding carboxylic acids is 1. The predicted octanol–water partition coefficient (Wildman–Crippen LogP) is 1.24. The summed E-state index contributed by atoms with van der Waals surface area (Å²) in [5.74, 6) is 0.608. The summed E-state index contributed by atoms with van der Waals surface area (Å²) < 4.78 is 0. The Morgan fingerprint density at radius 2 is 2.33 bits per heavy atom. The first-order chi connectivity index (χ1) is 7.19. The summed E-state index contributed by atoms with van der Waals surface area (Å²) >= 11 is 5.55. The summed E-state index contributed by atoms with van der Waals surface area (Å²) in [5, 5.41) is 9.13. The molecule has 0 bridgehead atoms. The summed E-state index contributed by atoms with van der Waals surface area (Å²) in [4.78, 5) is 13.3. The minimum Gasteiger partial charge on any atom is -0.396 e. The molecule has 1 saturated heterocycles. The maximum absolute atomic E-state index is 11.4. The van der Waals surface area contributed by atoms with Gasteiger partial charge in [-0.25, -0.2) is 0 Å². The highest BCUT2D eigenvalue weighted by Crippen LogP contribution is 2.47. The molecule has 4 heteroatoms. The molecule has 0 radical (unpaired) electrons. The van der Waals surface area contributed by atoms with Crippen molar-refractivity contribution in [2.75, 3.05) is 25.6 Å². The maximum atomic E-state index is 11.4. The molecule has 0 aromatic heterocycles. The average Bonchev–Trinajstić information content (AvgIpc) is 2.86. The van der Waals surface area contributed by atoms with Crippen molar-refractivity contribution in [3.05, 3.63) is 0 Å². The molecule has 2 atom stereocenters. The van der Waals surface area contributed by atoms with Gasteiger partial charge in [0.1, 0.15) is 5.88 Å². The van der Waals surface area contributed by atoms with Crippen LogP contribution in [0.3, 0.4) is 0 Å². The Hall–Kier alpha value is -0.280. The Labute approximate surface area is 95.4 Å². The highest BCUT2D eigenvalue weighted by molar-refractivity contribution is 6.27. The van der Waals surface area contributed by atoms with E-state index >= 15 is 0 Å². The lowest BCUT2D eigenvalue weighted by molar-refractivity contribution is -0.127. The molecule has 1 aliphatic carbocycles. The summed E-state index contributed by atoms with van der Waals surface area (Å²) in [6, 6.07) is 0. The van der Waals surface area contributed by atoms with E-state index in [-0.39, 0.29) is 11.8 Å². The van der Waals surface area contributed by atoms with Crippen LogP contribution in [0, 0.1) is 11.3 Å². The molecule has 1 heterocycles. The van der Waals surface area contributed by atoms with Crippen LogP contribution < -0.4 is 0 Å². The third-order valence-electron chi connectivity index (χ3n) is 3.97. The second kappa shape index (κ2) is 4.30. The summed E-state index contributed by atoms with van der Waals surface area (Å²) in [7, 11) is 0. The van der Waals surface area contributed by atoms with Crippen molar-refractivity contribution in [2.24, 2.45) is 11.3 Å². The van der Waals surface area contributed by atoms with Crippen LogP contribution in [-0.4, -0.2) is 41.5 Å². The van der Waals surface area contributed by atoms with Crippen molar-refractivity contribution in [3.8, 4) is 0 Å². The van der Waals surface area contributed by atoms with Gasteiger partial charge in [-0.1, -0.05) is 0 Å². The molecule has 0 aromatic rings. The van der Waals surface area contributed by atoms with E-state index in [1.54, 1.807) is 0 Å². The van der Waals surface area contributed by atoms with Gasteiger partial charge in [0.15, 0.2) is 0 Å². The number of nitrogens with zero attached hydrogens (tertiary/aromatic N) is 1. The zero-order valence-electron chi connectivity index (χ0n) is 8.91. The second-order valence-corrected chi connectivity index (χ2v) is 5.26. The number of aliphatic hydroxyl groups excluding tert-OH is 1. The Balaban J connectivity index is 1.94. The van der Waals surface area contributed by atoms with Crippen LogP contribution in [0.4, 0.5) is 0 Å². The quantitative estimate of drug-likeness (QED) is 0.727. The highest BCUT2D eigenvalue weighted by Gasteiger charge is 2.44. The smallest absolute Gasteiger partial charge is 0.237 e. The van der Waals surface area contributed by atoms with Gasteiger partial charge in [0.05, 0.1) is 0 Å². The number of alkyl halides is 1. The Kier molecular flexibility index (Phi) is 3.21. The number of likely N-dealkylation sites (tertiary alicyclic amines) is 1. The maximum Gasteiger partial charge on any atom is 0.237 e. The van der Waals surface area contributed by atoms with Gasteiger partial charge in [-0.3, -0.25) is 4.79 Å². The van der Waals surface area contributed by atoms with Gasteiger partial charge in [-0.15, -0.1) is 11.6 Å². The molecule has 0 unspecified atom stereocenters. The van der Waals surface area contributed by atoms with Crippen LogP contribution in [0.1, 0.15) is 25.7 Å². The van der Waals surface area contributed by atoms with Crippen molar-refractivity contribution in [1.29, 1.82) is 0 Å². The summed E-state index contributed by atoms with van der Waals surface area (Å²) in [6.07, 6.45) is 4.44. The molecule has 2 aliphatic rings. The fraction of sp³-hybridized carbons (Fsp3) is 0.909. The molecule has 1 spiro atoms. The third-order valence-corrected chi connectivity index (χ3v) is 4.20. The molecule has 1 amide bonds. The largest absolute Gasteiger partial charge is 0.396 e. The highest BCUT2D eigenvalue weighted by atomic mass is 35.5. The van der Waals surface area contributed by atoms with E-state index in [2.05, 4.69) is 0 Å². The second-order valence-electron chi connectivity index (χ2n) is 4.99. The molecule has 0 aromatic carbocycles. The Morgan fingerprint density at radius 1 is 1.53 bits per heavy atom. The van der Waals surface area contributed by atoms with Gasteiger partial charge in [0, 0.05) is 19.7 Å². The van der Waals surface area contributed by atoms with Crippen molar-refractivity contribution in [3.63, 3.8) is 0 Å². The fourth-order valence-electron chi connectivity index (χ4n) is 3.09. The van der Waals surface area contributed by atoms with E-state index in [1.807, 2.05) is 4.90 Å². The first-order valence-corrected chi connectivity index (χ1v) is 6.17. The van der Waals surface area contributed by atoms with Gasteiger partial charge < -0.3 is 10.0 Å². The standard InChI is InChI=1S/C11H18ClNO2/c12-6-10(15)13-4-3-11(8-13)2-1-9(5-11)7-14/h9,14H,1-8H2/t9-,11+/m0/s1.